The van der Waals surface area contributed by atoms with E-state index in [-0.39, 0.29) is 29.7 Å². The molecule has 2 amide bonds. The molecule has 0 aromatic heterocycles. The molecular weight excluding hydrogens is 519 g/mol. The fraction of sp³-hybridized carbons (Fsp3) is 0.269. The van der Waals surface area contributed by atoms with Gasteiger partial charge in [0.1, 0.15) is 4.90 Å². The summed E-state index contributed by atoms with van der Waals surface area (Å²) in [5.41, 5.74) is 2.20. The van der Waals surface area contributed by atoms with Crippen molar-refractivity contribution in [1.29, 1.82) is 0 Å². The number of rotatable bonds is 5. The minimum Gasteiger partial charge on any atom is -0.367 e. The minimum atomic E-state index is -4.22. The van der Waals surface area contributed by atoms with Crippen LogP contribution in [0.1, 0.15) is 18.1 Å². The standard InChI is InChI=1S/C26H26Cl2N4O3S/c1-18-15-30(12-11-29-18)23-13-21(27)14-24-25(23)36(34,35)32(17-20-9-5-6-10-22(20)28)26(33)31(24)16-19-7-3-2-4-8-19/h2-10,13-14,18,29H,11-12,15-17H2,1H3/t18-/m0/s1. The van der Waals surface area contributed by atoms with Gasteiger partial charge in [0.2, 0.25) is 0 Å². The lowest BCUT2D eigenvalue weighted by molar-refractivity contribution is 0.226. The highest BCUT2D eigenvalue weighted by Crippen LogP contribution is 2.44. The molecule has 0 unspecified atom stereocenters. The first-order valence-corrected chi connectivity index (χ1v) is 13.9. The molecule has 2 aliphatic rings. The Bertz CT molecular complexity index is 1400. The van der Waals surface area contributed by atoms with E-state index in [1.165, 1.54) is 4.90 Å². The molecule has 2 aliphatic heterocycles. The Morgan fingerprint density at radius 3 is 2.39 bits per heavy atom. The van der Waals surface area contributed by atoms with Gasteiger partial charge in [-0.2, -0.15) is 0 Å². The summed E-state index contributed by atoms with van der Waals surface area (Å²) in [7, 11) is -4.22. The van der Waals surface area contributed by atoms with Crippen molar-refractivity contribution in [1.82, 2.24) is 9.62 Å². The Morgan fingerprint density at radius 1 is 0.972 bits per heavy atom. The Morgan fingerprint density at radius 2 is 1.67 bits per heavy atom. The van der Waals surface area contributed by atoms with Crippen molar-refractivity contribution in [3.63, 3.8) is 0 Å². The lowest BCUT2D eigenvalue weighted by atomic mass is 10.1. The van der Waals surface area contributed by atoms with Crippen molar-refractivity contribution >= 4 is 50.6 Å². The number of piperazine rings is 1. The van der Waals surface area contributed by atoms with E-state index in [4.69, 9.17) is 23.2 Å². The van der Waals surface area contributed by atoms with Gasteiger partial charge in [0, 0.05) is 35.7 Å². The van der Waals surface area contributed by atoms with E-state index in [2.05, 4.69) is 5.32 Å². The summed E-state index contributed by atoms with van der Waals surface area (Å²) >= 11 is 12.9. The number of nitrogens with one attached hydrogen (secondary N) is 1. The highest BCUT2D eigenvalue weighted by molar-refractivity contribution is 7.90. The van der Waals surface area contributed by atoms with Crippen molar-refractivity contribution in [2.45, 2.75) is 31.0 Å². The monoisotopic (exact) mass is 544 g/mol. The molecule has 10 heteroatoms. The van der Waals surface area contributed by atoms with Crippen LogP contribution in [-0.2, 0) is 23.1 Å². The van der Waals surface area contributed by atoms with Gasteiger partial charge in [-0.1, -0.05) is 71.7 Å². The summed E-state index contributed by atoms with van der Waals surface area (Å²) in [6, 6.07) is 19.2. The average molecular weight is 545 g/mol. The third kappa shape index (κ3) is 4.66. The molecule has 1 saturated heterocycles. The fourth-order valence-corrected chi connectivity index (χ4v) is 6.84. The molecule has 0 saturated carbocycles. The molecule has 0 radical (unpaired) electrons. The van der Waals surface area contributed by atoms with E-state index in [9.17, 15) is 13.2 Å². The molecule has 1 N–H and O–H groups in total. The number of urea groups is 1. The molecule has 0 spiro atoms. The first kappa shape index (κ1) is 24.9. The zero-order chi connectivity index (χ0) is 25.4. The van der Waals surface area contributed by atoms with Crippen LogP contribution in [0.2, 0.25) is 10.0 Å². The first-order chi connectivity index (χ1) is 17.3. The maximum Gasteiger partial charge on any atom is 0.339 e. The van der Waals surface area contributed by atoms with Crippen LogP contribution in [-0.4, -0.2) is 44.4 Å². The largest absolute Gasteiger partial charge is 0.367 e. The normalized spacial score (nSPS) is 19.4. The highest BCUT2D eigenvalue weighted by Gasteiger charge is 2.44. The molecule has 7 nitrogen and oxygen atoms in total. The average Bonchev–Trinajstić information content (AvgIpc) is 2.85. The number of hydrogen-bond acceptors (Lipinski definition) is 5. The van der Waals surface area contributed by atoms with Gasteiger partial charge in [0.05, 0.1) is 24.5 Å². The van der Waals surface area contributed by atoms with Crippen LogP contribution in [0.15, 0.2) is 71.6 Å². The second-order valence-electron chi connectivity index (χ2n) is 9.03. The Hall–Kier alpha value is -2.78. The number of carbonyl (C=O) groups is 1. The summed E-state index contributed by atoms with van der Waals surface area (Å²) in [5.74, 6) is 0. The summed E-state index contributed by atoms with van der Waals surface area (Å²) in [6.07, 6.45) is 0. The van der Waals surface area contributed by atoms with Crippen molar-refractivity contribution in [3.8, 4) is 0 Å². The Kier molecular flexibility index (Phi) is 6.87. The molecule has 2 heterocycles. The molecule has 0 bridgehead atoms. The van der Waals surface area contributed by atoms with Crippen molar-refractivity contribution in [3.05, 3.63) is 87.9 Å². The topological polar surface area (TPSA) is 73.0 Å². The highest BCUT2D eigenvalue weighted by atomic mass is 35.5. The van der Waals surface area contributed by atoms with E-state index in [1.54, 1.807) is 36.4 Å². The van der Waals surface area contributed by atoms with E-state index in [0.29, 0.717) is 40.9 Å². The minimum absolute atomic E-state index is 0.0867. The van der Waals surface area contributed by atoms with E-state index in [1.807, 2.05) is 42.2 Å². The van der Waals surface area contributed by atoms with Gasteiger partial charge in [0.15, 0.2) is 0 Å². The number of sulfonamides is 1. The van der Waals surface area contributed by atoms with Crippen LogP contribution in [0.3, 0.4) is 0 Å². The Balaban J connectivity index is 1.69. The van der Waals surface area contributed by atoms with Crippen LogP contribution in [0.5, 0.6) is 0 Å². The van der Waals surface area contributed by atoms with Crippen LogP contribution in [0.4, 0.5) is 16.2 Å². The molecular formula is C26H26Cl2N4O3S. The van der Waals surface area contributed by atoms with Crippen LogP contribution in [0.25, 0.3) is 0 Å². The SMILES string of the molecule is C[C@H]1CN(c2cc(Cl)cc3c2S(=O)(=O)N(Cc2ccccc2Cl)C(=O)N3Cc2ccccc2)CCN1. The van der Waals surface area contributed by atoms with Gasteiger partial charge in [-0.3, -0.25) is 4.90 Å². The number of amides is 2. The number of hydrogen-bond donors (Lipinski definition) is 1. The van der Waals surface area contributed by atoms with Gasteiger partial charge in [-0.05, 0) is 36.2 Å². The van der Waals surface area contributed by atoms with Gasteiger partial charge in [-0.25, -0.2) is 17.5 Å². The fourth-order valence-electron chi connectivity index (χ4n) is 4.72. The third-order valence-electron chi connectivity index (χ3n) is 6.46. The molecule has 1 atom stereocenters. The third-order valence-corrected chi connectivity index (χ3v) is 8.85. The molecule has 3 aromatic carbocycles. The maximum atomic E-state index is 14.1. The lowest BCUT2D eigenvalue weighted by Gasteiger charge is -2.40. The number of anilines is 2. The summed E-state index contributed by atoms with van der Waals surface area (Å²) in [5, 5.41) is 4.15. The van der Waals surface area contributed by atoms with Crippen LogP contribution < -0.4 is 15.1 Å². The number of nitrogens with zero attached hydrogens (tertiary/aromatic N) is 3. The summed E-state index contributed by atoms with van der Waals surface area (Å²) in [4.78, 5) is 17.4. The molecule has 36 heavy (non-hydrogen) atoms. The molecule has 5 rings (SSSR count). The van der Waals surface area contributed by atoms with Crippen LogP contribution in [0, 0.1) is 0 Å². The first-order valence-electron chi connectivity index (χ1n) is 11.7. The molecule has 188 valence electrons. The van der Waals surface area contributed by atoms with Crippen molar-refractivity contribution in [2.24, 2.45) is 0 Å². The zero-order valence-corrected chi connectivity index (χ0v) is 22.0. The smallest absolute Gasteiger partial charge is 0.339 e. The summed E-state index contributed by atoms with van der Waals surface area (Å²) in [6.45, 7) is 4.00. The molecule has 0 aliphatic carbocycles. The zero-order valence-electron chi connectivity index (χ0n) is 19.7. The second-order valence-corrected chi connectivity index (χ2v) is 11.7. The lowest BCUT2D eigenvalue weighted by Crippen LogP contribution is -2.52. The number of halogens is 2. The second kappa shape index (κ2) is 9.94. The predicted molar refractivity (Wildman–Crippen MR) is 143 cm³/mol. The van der Waals surface area contributed by atoms with Gasteiger partial charge in [-0.15, -0.1) is 0 Å². The van der Waals surface area contributed by atoms with Gasteiger partial charge in [0.25, 0.3) is 10.0 Å². The van der Waals surface area contributed by atoms with Gasteiger partial charge >= 0.3 is 6.03 Å². The number of benzene rings is 3. The van der Waals surface area contributed by atoms with Crippen molar-refractivity contribution < 1.29 is 13.2 Å². The predicted octanol–water partition coefficient (Wildman–Crippen LogP) is 5.12. The molecule has 3 aromatic rings. The van der Waals surface area contributed by atoms with Gasteiger partial charge < -0.3 is 10.2 Å². The quantitative estimate of drug-likeness (QED) is 0.482. The van der Waals surface area contributed by atoms with Crippen LogP contribution >= 0.6 is 23.2 Å². The van der Waals surface area contributed by atoms with E-state index >= 15 is 0 Å². The Labute approximate surface area is 221 Å². The summed E-state index contributed by atoms with van der Waals surface area (Å²) < 4.78 is 29.2. The van der Waals surface area contributed by atoms with E-state index in [0.717, 1.165) is 9.87 Å². The molecule has 1 fully saturated rings. The number of carbonyl (C=O) groups excluding carboxylic acids is 1. The van der Waals surface area contributed by atoms with Crippen molar-refractivity contribution in [2.75, 3.05) is 29.4 Å². The number of fused-ring (bicyclic) bond motifs is 1. The maximum absolute atomic E-state index is 14.1. The van der Waals surface area contributed by atoms with E-state index < -0.39 is 16.1 Å².